The summed E-state index contributed by atoms with van der Waals surface area (Å²) in [6, 6.07) is 2.20. The fourth-order valence-electron chi connectivity index (χ4n) is 3.12. The number of hydrogen-bond acceptors (Lipinski definition) is 2. The molecule has 28 heavy (non-hydrogen) atoms. The van der Waals surface area contributed by atoms with Gasteiger partial charge in [-0.2, -0.15) is 13.2 Å². The third-order valence-corrected chi connectivity index (χ3v) is 4.87. The molecule has 1 aromatic carbocycles. The van der Waals surface area contributed by atoms with Crippen LogP contribution in [-0.4, -0.2) is 12.1 Å². The summed E-state index contributed by atoms with van der Waals surface area (Å²) in [5.41, 5.74) is -1.73. The third-order valence-electron chi connectivity index (χ3n) is 4.87. The average Bonchev–Trinajstić information content (AvgIpc) is 2.65. The van der Waals surface area contributed by atoms with Crippen LogP contribution in [0.4, 0.5) is 17.6 Å². The number of carbonyl (C=O) groups excluding carboxylic acids is 1. The largest absolute Gasteiger partial charge is 0.459 e. The number of benzene rings is 1. The van der Waals surface area contributed by atoms with E-state index in [9.17, 15) is 22.4 Å². The molecule has 0 spiro atoms. The van der Waals surface area contributed by atoms with Crippen LogP contribution in [0.2, 0.25) is 0 Å². The lowest BCUT2D eigenvalue weighted by atomic mass is 10.0. The van der Waals surface area contributed by atoms with Gasteiger partial charge in [-0.15, -0.1) is 0 Å². The van der Waals surface area contributed by atoms with Crippen molar-refractivity contribution < 1.29 is 27.1 Å². The van der Waals surface area contributed by atoms with Crippen molar-refractivity contribution in [3.8, 4) is 0 Å². The van der Waals surface area contributed by atoms with E-state index in [0.29, 0.717) is 25.0 Å². The van der Waals surface area contributed by atoms with Gasteiger partial charge in [0.2, 0.25) is 0 Å². The molecule has 1 aromatic rings. The molecule has 0 saturated carbocycles. The summed E-state index contributed by atoms with van der Waals surface area (Å²) in [7, 11) is 0. The molecule has 1 unspecified atom stereocenters. The van der Waals surface area contributed by atoms with E-state index < -0.39 is 23.5 Å². The second-order valence-electron chi connectivity index (χ2n) is 7.25. The average molecular weight is 404 g/mol. The standard InChI is InChI=1S/C22H32F4O2/c1-3-5-6-7-8-9-10-11-12-13-18(4-2)28-21(27)17-14-15-20(23)19(16-17)22(24,25)26/h14-16,18H,3-13H2,1-2H3. The minimum atomic E-state index is -4.85. The number of halogens is 4. The van der Waals surface area contributed by atoms with E-state index in [0.717, 1.165) is 25.3 Å². The monoisotopic (exact) mass is 404 g/mol. The fourth-order valence-corrected chi connectivity index (χ4v) is 3.12. The molecule has 2 nitrogen and oxygen atoms in total. The highest BCUT2D eigenvalue weighted by Gasteiger charge is 2.35. The molecule has 0 aliphatic carbocycles. The van der Waals surface area contributed by atoms with Crippen molar-refractivity contribution in [1.82, 2.24) is 0 Å². The maximum Gasteiger partial charge on any atom is 0.419 e. The molecule has 1 rings (SSSR count). The van der Waals surface area contributed by atoms with E-state index in [1.807, 2.05) is 6.92 Å². The van der Waals surface area contributed by atoms with Crippen molar-refractivity contribution in [3.05, 3.63) is 35.1 Å². The summed E-state index contributed by atoms with van der Waals surface area (Å²) >= 11 is 0. The first-order valence-electron chi connectivity index (χ1n) is 10.4. The van der Waals surface area contributed by atoms with Gasteiger partial charge in [-0.1, -0.05) is 65.2 Å². The van der Waals surface area contributed by atoms with Gasteiger partial charge in [-0.25, -0.2) is 9.18 Å². The summed E-state index contributed by atoms with van der Waals surface area (Å²) in [5, 5.41) is 0. The lowest BCUT2D eigenvalue weighted by molar-refractivity contribution is -0.140. The predicted octanol–water partition coefficient (Wildman–Crippen LogP) is 7.70. The molecule has 1 atom stereocenters. The SMILES string of the molecule is CCCCCCCCCCCC(CC)OC(=O)c1ccc(F)c(C(F)(F)F)c1. The van der Waals surface area contributed by atoms with Gasteiger partial charge in [-0.05, 0) is 37.5 Å². The van der Waals surface area contributed by atoms with E-state index in [1.54, 1.807) is 0 Å². The van der Waals surface area contributed by atoms with E-state index in [1.165, 1.54) is 38.5 Å². The van der Waals surface area contributed by atoms with Gasteiger partial charge >= 0.3 is 12.1 Å². The van der Waals surface area contributed by atoms with Crippen LogP contribution >= 0.6 is 0 Å². The Morgan fingerprint density at radius 2 is 1.54 bits per heavy atom. The number of rotatable bonds is 13. The Balaban J connectivity index is 2.39. The first-order chi connectivity index (χ1) is 13.3. The van der Waals surface area contributed by atoms with Crippen LogP contribution in [0.15, 0.2) is 18.2 Å². The van der Waals surface area contributed by atoms with E-state index in [2.05, 4.69) is 6.92 Å². The van der Waals surface area contributed by atoms with Crippen LogP contribution in [0.1, 0.15) is 100 Å². The van der Waals surface area contributed by atoms with E-state index in [-0.39, 0.29) is 11.7 Å². The van der Waals surface area contributed by atoms with Gasteiger partial charge < -0.3 is 4.74 Å². The molecule has 0 aromatic heterocycles. The van der Waals surface area contributed by atoms with Crippen LogP contribution in [0.5, 0.6) is 0 Å². The Morgan fingerprint density at radius 3 is 2.07 bits per heavy atom. The maximum atomic E-state index is 13.3. The molecule has 0 bridgehead atoms. The minimum Gasteiger partial charge on any atom is -0.459 e. The Bertz CT molecular complexity index is 584. The second-order valence-corrected chi connectivity index (χ2v) is 7.25. The Kier molecular flexibility index (Phi) is 11.2. The number of unbranched alkanes of at least 4 members (excludes halogenated alkanes) is 8. The fraction of sp³-hybridized carbons (Fsp3) is 0.682. The normalized spacial score (nSPS) is 12.8. The van der Waals surface area contributed by atoms with Gasteiger partial charge in [-0.3, -0.25) is 0 Å². The van der Waals surface area contributed by atoms with Gasteiger partial charge in [0, 0.05) is 0 Å². The quantitative estimate of drug-likeness (QED) is 0.191. The van der Waals surface area contributed by atoms with Crippen LogP contribution in [0, 0.1) is 5.82 Å². The highest BCUT2D eigenvalue weighted by molar-refractivity contribution is 5.89. The van der Waals surface area contributed by atoms with Gasteiger partial charge in [0.25, 0.3) is 0 Å². The molecule has 0 saturated heterocycles. The van der Waals surface area contributed by atoms with Gasteiger partial charge in [0.1, 0.15) is 11.9 Å². The molecule has 160 valence electrons. The maximum absolute atomic E-state index is 13.3. The zero-order chi connectivity index (χ0) is 21.0. The van der Waals surface area contributed by atoms with Crippen LogP contribution in [-0.2, 0) is 10.9 Å². The lowest BCUT2D eigenvalue weighted by Crippen LogP contribution is -2.18. The van der Waals surface area contributed by atoms with Crippen LogP contribution in [0.3, 0.4) is 0 Å². The van der Waals surface area contributed by atoms with Crippen molar-refractivity contribution in [3.63, 3.8) is 0 Å². The number of ether oxygens (including phenoxy) is 1. The second kappa shape index (κ2) is 12.8. The van der Waals surface area contributed by atoms with Gasteiger partial charge in [0.15, 0.2) is 0 Å². The zero-order valence-corrected chi connectivity index (χ0v) is 16.9. The molecule has 0 aliphatic rings. The summed E-state index contributed by atoms with van der Waals surface area (Å²) < 4.78 is 57.0. The highest BCUT2D eigenvalue weighted by atomic mass is 19.4. The Labute approximate surface area is 165 Å². The third kappa shape index (κ3) is 9.07. The van der Waals surface area contributed by atoms with E-state index in [4.69, 9.17) is 4.74 Å². The summed E-state index contributed by atoms with van der Waals surface area (Å²) in [4.78, 5) is 12.2. The zero-order valence-electron chi connectivity index (χ0n) is 16.9. The van der Waals surface area contributed by atoms with Crippen LogP contribution < -0.4 is 0 Å². The summed E-state index contributed by atoms with van der Waals surface area (Å²) in [6.07, 6.45) is 6.77. The van der Waals surface area contributed by atoms with Crippen molar-refractivity contribution in [2.24, 2.45) is 0 Å². The highest BCUT2D eigenvalue weighted by Crippen LogP contribution is 2.32. The molecule has 0 N–H and O–H groups in total. The predicted molar refractivity (Wildman–Crippen MR) is 103 cm³/mol. The van der Waals surface area contributed by atoms with Crippen LogP contribution in [0.25, 0.3) is 0 Å². The molecule has 0 amide bonds. The summed E-state index contributed by atoms with van der Waals surface area (Å²) in [5.74, 6) is -2.24. The first-order valence-corrected chi connectivity index (χ1v) is 10.4. The topological polar surface area (TPSA) is 26.3 Å². The van der Waals surface area contributed by atoms with Crippen molar-refractivity contribution >= 4 is 5.97 Å². The van der Waals surface area contributed by atoms with Crippen molar-refractivity contribution in [2.45, 2.75) is 96.8 Å². The number of esters is 1. The lowest BCUT2D eigenvalue weighted by Gasteiger charge is -2.17. The molecular formula is C22H32F4O2. The number of carbonyl (C=O) groups is 1. The molecule has 0 radical (unpaired) electrons. The Hall–Kier alpha value is -1.59. The van der Waals surface area contributed by atoms with Gasteiger partial charge in [0.05, 0.1) is 11.1 Å². The van der Waals surface area contributed by atoms with Crippen molar-refractivity contribution in [2.75, 3.05) is 0 Å². The van der Waals surface area contributed by atoms with E-state index >= 15 is 0 Å². The first kappa shape index (κ1) is 24.4. The minimum absolute atomic E-state index is 0.278. The molecule has 0 aliphatic heterocycles. The van der Waals surface area contributed by atoms with Crippen molar-refractivity contribution in [1.29, 1.82) is 0 Å². The summed E-state index contributed by atoms with van der Waals surface area (Å²) in [6.45, 7) is 4.07. The smallest absolute Gasteiger partial charge is 0.419 e. The Morgan fingerprint density at radius 1 is 0.964 bits per heavy atom. The molecule has 0 heterocycles. The number of alkyl halides is 3. The number of hydrogen-bond donors (Lipinski definition) is 0. The molecule has 0 fully saturated rings. The molecule has 6 heteroatoms. The molecular weight excluding hydrogens is 372 g/mol.